The van der Waals surface area contributed by atoms with Gasteiger partial charge in [-0.25, -0.2) is 0 Å². The van der Waals surface area contributed by atoms with Gasteiger partial charge in [-0.2, -0.15) is 0 Å². The molecule has 3 N–H and O–H groups in total. The summed E-state index contributed by atoms with van der Waals surface area (Å²) in [5, 5.41) is 8.87. The van der Waals surface area contributed by atoms with Gasteiger partial charge in [0.15, 0.2) is 5.96 Å². The molecule has 1 aromatic rings. The van der Waals surface area contributed by atoms with Gasteiger partial charge in [-0.3, -0.25) is 19.6 Å². The van der Waals surface area contributed by atoms with E-state index in [1.54, 1.807) is 31.6 Å². The number of carbonyl (C=O) groups excluding carboxylic acids is 2. The van der Waals surface area contributed by atoms with Crippen LogP contribution in [0.1, 0.15) is 36.5 Å². The first-order valence-electron chi connectivity index (χ1n) is 9.56. The first-order valence-corrected chi connectivity index (χ1v) is 9.56. The van der Waals surface area contributed by atoms with Crippen molar-refractivity contribution in [3.05, 3.63) is 30.1 Å². The normalized spacial score (nSPS) is 15.3. The Morgan fingerprint density at radius 3 is 2.70 bits per heavy atom. The molecule has 2 rings (SSSR count). The lowest BCUT2D eigenvalue weighted by atomic mass is 9.93. The topological polar surface area (TPSA) is 98.7 Å². The third-order valence-corrected chi connectivity index (χ3v) is 4.58. The molecule has 0 bridgehead atoms. The van der Waals surface area contributed by atoms with Crippen LogP contribution in [-0.4, -0.2) is 67.4 Å². The number of rotatable bonds is 7. The zero-order chi connectivity index (χ0) is 19.5. The van der Waals surface area contributed by atoms with Gasteiger partial charge in [-0.05, 0) is 37.8 Å². The smallest absolute Gasteiger partial charge is 0.252 e. The van der Waals surface area contributed by atoms with Crippen molar-refractivity contribution in [3.63, 3.8) is 0 Å². The van der Waals surface area contributed by atoms with E-state index in [4.69, 9.17) is 0 Å². The molecule has 0 spiro atoms. The Morgan fingerprint density at radius 1 is 1.30 bits per heavy atom. The largest absolute Gasteiger partial charge is 0.359 e. The SMILES string of the molecule is CCNC(=NCCNC(=O)c1cccnc1)N1CCC(CC(=O)NC)CC1. The number of piperidine rings is 1. The molecule has 1 aliphatic rings. The highest BCUT2D eigenvalue weighted by molar-refractivity contribution is 5.93. The highest BCUT2D eigenvalue weighted by Gasteiger charge is 2.22. The van der Waals surface area contributed by atoms with Crippen LogP contribution in [0.4, 0.5) is 0 Å². The molecule has 0 aliphatic carbocycles. The average molecular weight is 374 g/mol. The van der Waals surface area contributed by atoms with Gasteiger partial charge >= 0.3 is 0 Å². The van der Waals surface area contributed by atoms with Crippen molar-refractivity contribution in [3.8, 4) is 0 Å². The Bertz CT molecular complexity index is 626. The molecule has 0 unspecified atom stereocenters. The van der Waals surface area contributed by atoms with Crippen LogP contribution < -0.4 is 16.0 Å². The lowest BCUT2D eigenvalue weighted by Gasteiger charge is -2.34. The first-order chi connectivity index (χ1) is 13.1. The molecule has 8 nitrogen and oxygen atoms in total. The van der Waals surface area contributed by atoms with Crippen molar-refractivity contribution >= 4 is 17.8 Å². The second-order valence-electron chi connectivity index (χ2n) is 6.54. The van der Waals surface area contributed by atoms with Crippen LogP contribution in [0, 0.1) is 5.92 Å². The highest BCUT2D eigenvalue weighted by Crippen LogP contribution is 2.20. The van der Waals surface area contributed by atoms with E-state index in [0.717, 1.165) is 38.4 Å². The lowest BCUT2D eigenvalue weighted by molar-refractivity contribution is -0.121. The number of likely N-dealkylation sites (tertiary alicyclic amines) is 1. The van der Waals surface area contributed by atoms with Crippen molar-refractivity contribution in [1.82, 2.24) is 25.8 Å². The fraction of sp³-hybridized carbons (Fsp3) is 0.579. The van der Waals surface area contributed by atoms with Gasteiger partial charge < -0.3 is 20.9 Å². The van der Waals surface area contributed by atoms with Crippen LogP contribution in [0.2, 0.25) is 0 Å². The summed E-state index contributed by atoms with van der Waals surface area (Å²) in [6, 6.07) is 3.47. The minimum Gasteiger partial charge on any atom is -0.359 e. The highest BCUT2D eigenvalue weighted by atomic mass is 16.2. The van der Waals surface area contributed by atoms with Crippen LogP contribution in [0.15, 0.2) is 29.5 Å². The Morgan fingerprint density at radius 2 is 2.07 bits per heavy atom. The molecule has 148 valence electrons. The monoisotopic (exact) mass is 374 g/mol. The number of amides is 2. The predicted octanol–water partition coefficient (Wildman–Crippen LogP) is 0.625. The van der Waals surface area contributed by atoms with E-state index in [1.165, 1.54) is 0 Å². The van der Waals surface area contributed by atoms with E-state index < -0.39 is 0 Å². The van der Waals surface area contributed by atoms with Gasteiger partial charge in [0.25, 0.3) is 5.91 Å². The van der Waals surface area contributed by atoms with Crippen molar-refractivity contribution in [2.75, 3.05) is 39.8 Å². The van der Waals surface area contributed by atoms with E-state index in [1.807, 2.05) is 6.92 Å². The fourth-order valence-corrected chi connectivity index (χ4v) is 3.07. The van der Waals surface area contributed by atoms with Crippen LogP contribution in [-0.2, 0) is 4.79 Å². The lowest BCUT2D eigenvalue weighted by Crippen LogP contribution is -2.46. The number of pyridine rings is 1. The van der Waals surface area contributed by atoms with Crippen molar-refractivity contribution in [1.29, 1.82) is 0 Å². The maximum atomic E-state index is 12.0. The summed E-state index contributed by atoms with van der Waals surface area (Å²) >= 11 is 0. The van der Waals surface area contributed by atoms with Gasteiger partial charge in [-0.15, -0.1) is 0 Å². The van der Waals surface area contributed by atoms with Crippen LogP contribution >= 0.6 is 0 Å². The van der Waals surface area contributed by atoms with Crippen LogP contribution in [0.5, 0.6) is 0 Å². The quantitative estimate of drug-likeness (QED) is 0.369. The number of guanidine groups is 1. The number of hydrogen-bond donors (Lipinski definition) is 3. The molecule has 1 aliphatic heterocycles. The zero-order valence-electron chi connectivity index (χ0n) is 16.2. The molecular weight excluding hydrogens is 344 g/mol. The van der Waals surface area contributed by atoms with E-state index in [2.05, 4.69) is 30.8 Å². The molecule has 0 saturated carbocycles. The summed E-state index contributed by atoms with van der Waals surface area (Å²) in [5.74, 6) is 1.27. The fourth-order valence-electron chi connectivity index (χ4n) is 3.07. The summed E-state index contributed by atoms with van der Waals surface area (Å²) < 4.78 is 0. The molecule has 0 radical (unpaired) electrons. The number of hydrogen-bond acceptors (Lipinski definition) is 4. The van der Waals surface area contributed by atoms with E-state index >= 15 is 0 Å². The summed E-state index contributed by atoms with van der Waals surface area (Å²) in [6.07, 6.45) is 5.75. The maximum Gasteiger partial charge on any atom is 0.252 e. The maximum absolute atomic E-state index is 12.0. The second-order valence-corrected chi connectivity index (χ2v) is 6.54. The molecule has 0 aromatic carbocycles. The minimum atomic E-state index is -0.140. The summed E-state index contributed by atoms with van der Waals surface area (Å²) in [6.45, 7) is 5.57. The van der Waals surface area contributed by atoms with Gasteiger partial charge in [0.05, 0.1) is 12.1 Å². The van der Waals surface area contributed by atoms with Crippen LogP contribution in [0.25, 0.3) is 0 Å². The van der Waals surface area contributed by atoms with E-state index in [9.17, 15) is 9.59 Å². The van der Waals surface area contributed by atoms with Gasteiger partial charge in [0, 0.05) is 52.0 Å². The molecule has 0 atom stereocenters. The summed E-state index contributed by atoms with van der Waals surface area (Å²) in [4.78, 5) is 34.3. The molecule has 27 heavy (non-hydrogen) atoms. The van der Waals surface area contributed by atoms with Crippen LogP contribution in [0.3, 0.4) is 0 Å². The Kier molecular flexibility index (Phi) is 8.54. The zero-order valence-corrected chi connectivity index (χ0v) is 16.2. The molecule has 2 amide bonds. The Hall–Kier alpha value is -2.64. The van der Waals surface area contributed by atoms with E-state index in [-0.39, 0.29) is 11.8 Å². The number of nitrogens with one attached hydrogen (secondary N) is 3. The molecule has 1 fully saturated rings. The molecule has 8 heteroatoms. The molecule has 1 aromatic heterocycles. The second kappa shape index (κ2) is 11.2. The van der Waals surface area contributed by atoms with Gasteiger partial charge in [0.1, 0.15) is 0 Å². The third-order valence-electron chi connectivity index (χ3n) is 4.58. The third kappa shape index (κ3) is 6.88. The minimum absolute atomic E-state index is 0.110. The number of nitrogens with zero attached hydrogens (tertiary/aromatic N) is 3. The van der Waals surface area contributed by atoms with Gasteiger partial charge in [0.2, 0.25) is 5.91 Å². The number of aromatic nitrogens is 1. The first kappa shape index (κ1) is 20.7. The van der Waals surface area contributed by atoms with Crippen molar-refractivity contribution in [2.45, 2.75) is 26.2 Å². The molecule has 2 heterocycles. The summed E-state index contributed by atoms with van der Waals surface area (Å²) in [5.41, 5.74) is 0.548. The molecule has 1 saturated heterocycles. The van der Waals surface area contributed by atoms with Crippen molar-refractivity contribution in [2.24, 2.45) is 10.9 Å². The Balaban J connectivity index is 1.79. The van der Waals surface area contributed by atoms with Crippen molar-refractivity contribution < 1.29 is 9.59 Å². The standard InChI is InChI=1S/C19H30N6O2/c1-3-22-19(25-11-6-15(7-12-25)13-17(26)20-2)24-10-9-23-18(27)16-5-4-8-21-14-16/h4-5,8,14-15H,3,6-7,9-13H2,1-2H3,(H,20,26)(H,22,24)(H,23,27). The van der Waals surface area contributed by atoms with E-state index in [0.29, 0.717) is 31.0 Å². The predicted molar refractivity (Wildman–Crippen MR) is 106 cm³/mol. The average Bonchev–Trinajstić information content (AvgIpc) is 2.71. The summed E-state index contributed by atoms with van der Waals surface area (Å²) in [7, 11) is 1.68. The molecular formula is C19H30N6O2. The Labute approximate surface area is 160 Å². The van der Waals surface area contributed by atoms with Gasteiger partial charge in [-0.1, -0.05) is 0 Å². The number of carbonyl (C=O) groups is 2. The number of aliphatic imine (C=N–C) groups is 1.